The van der Waals surface area contributed by atoms with Gasteiger partial charge in [0.15, 0.2) is 0 Å². The SMILES string of the molecule is CC(SCc1ccccc1)C(=O)N1CCC(C)(CN)C1.Cl. The number of likely N-dealkylation sites (tertiary alicyclic amines) is 1. The lowest BCUT2D eigenvalue weighted by atomic mass is 9.90. The zero-order chi connectivity index (χ0) is 14.6. The van der Waals surface area contributed by atoms with Crippen molar-refractivity contribution in [3.63, 3.8) is 0 Å². The van der Waals surface area contributed by atoms with Gasteiger partial charge >= 0.3 is 0 Å². The van der Waals surface area contributed by atoms with Gasteiger partial charge in [-0.05, 0) is 30.9 Å². The molecule has 1 aliphatic heterocycles. The number of thioether (sulfide) groups is 1. The Bertz CT molecular complexity index is 457. The predicted molar refractivity (Wildman–Crippen MR) is 92.8 cm³/mol. The molecule has 0 saturated carbocycles. The van der Waals surface area contributed by atoms with Crippen LogP contribution in [0, 0.1) is 5.41 Å². The Morgan fingerprint density at radius 1 is 1.43 bits per heavy atom. The van der Waals surface area contributed by atoms with Gasteiger partial charge in [0.1, 0.15) is 0 Å². The Balaban J connectivity index is 0.00000220. The van der Waals surface area contributed by atoms with E-state index < -0.39 is 0 Å². The Labute approximate surface area is 138 Å². The van der Waals surface area contributed by atoms with Crippen molar-refractivity contribution in [2.45, 2.75) is 31.3 Å². The third kappa shape index (κ3) is 4.90. The van der Waals surface area contributed by atoms with E-state index in [1.807, 2.05) is 30.0 Å². The number of halogens is 1. The van der Waals surface area contributed by atoms with Crippen molar-refractivity contribution in [3.8, 4) is 0 Å². The van der Waals surface area contributed by atoms with Crippen LogP contribution < -0.4 is 5.73 Å². The van der Waals surface area contributed by atoms with Crippen LogP contribution in [0.2, 0.25) is 0 Å². The maximum Gasteiger partial charge on any atom is 0.235 e. The smallest absolute Gasteiger partial charge is 0.235 e. The summed E-state index contributed by atoms with van der Waals surface area (Å²) >= 11 is 1.71. The molecule has 1 aromatic carbocycles. The van der Waals surface area contributed by atoms with Gasteiger partial charge in [-0.3, -0.25) is 4.79 Å². The fourth-order valence-electron chi connectivity index (χ4n) is 2.50. The first-order valence-electron chi connectivity index (χ1n) is 7.18. The second-order valence-electron chi connectivity index (χ2n) is 5.96. The van der Waals surface area contributed by atoms with E-state index in [9.17, 15) is 4.79 Å². The van der Waals surface area contributed by atoms with E-state index in [2.05, 4.69) is 19.1 Å². The average Bonchev–Trinajstić information content (AvgIpc) is 2.88. The van der Waals surface area contributed by atoms with Gasteiger partial charge in [-0.1, -0.05) is 37.3 Å². The minimum Gasteiger partial charge on any atom is -0.341 e. The Morgan fingerprint density at radius 2 is 2.10 bits per heavy atom. The first-order valence-corrected chi connectivity index (χ1v) is 8.23. The van der Waals surface area contributed by atoms with Crippen molar-refractivity contribution < 1.29 is 4.79 Å². The Hall–Kier alpha value is -0.710. The molecule has 1 fully saturated rings. The van der Waals surface area contributed by atoms with Gasteiger partial charge in [-0.15, -0.1) is 24.2 Å². The van der Waals surface area contributed by atoms with E-state index in [-0.39, 0.29) is 29.0 Å². The molecule has 1 amide bonds. The van der Waals surface area contributed by atoms with Crippen LogP contribution in [0.1, 0.15) is 25.8 Å². The molecule has 0 bridgehead atoms. The molecule has 2 unspecified atom stereocenters. The molecule has 0 aliphatic carbocycles. The van der Waals surface area contributed by atoms with Crippen LogP contribution in [0.3, 0.4) is 0 Å². The number of carbonyl (C=O) groups excluding carboxylic acids is 1. The summed E-state index contributed by atoms with van der Waals surface area (Å²) in [5.74, 6) is 1.14. The Kier molecular flexibility index (Phi) is 7.04. The molecule has 1 saturated heterocycles. The van der Waals surface area contributed by atoms with E-state index in [0.29, 0.717) is 6.54 Å². The standard InChI is InChI=1S/C16H24N2OS.ClH/c1-13(20-10-14-6-4-3-5-7-14)15(19)18-9-8-16(2,11-17)12-18;/h3-7,13H,8-12,17H2,1-2H3;1H. The fourth-order valence-corrected chi connectivity index (χ4v) is 3.43. The number of nitrogens with two attached hydrogens (primary N) is 1. The highest BCUT2D eigenvalue weighted by atomic mass is 35.5. The zero-order valence-corrected chi connectivity index (χ0v) is 14.4. The Morgan fingerprint density at radius 3 is 2.67 bits per heavy atom. The van der Waals surface area contributed by atoms with Gasteiger partial charge in [0.05, 0.1) is 5.25 Å². The number of benzene rings is 1. The number of carbonyl (C=O) groups is 1. The summed E-state index contributed by atoms with van der Waals surface area (Å²) in [5.41, 5.74) is 7.18. The van der Waals surface area contributed by atoms with Gasteiger partial charge < -0.3 is 10.6 Å². The van der Waals surface area contributed by atoms with Crippen molar-refractivity contribution in [2.24, 2.45) is 11.1 Å². The first kappa shape index (κ1) is 18.3. The van der Waals surface area contributed by atoms with Crippen LogP contribution in [0.4, 0.5) is 0 Å². The number of amides is 1. The van der Waals surface area contributed by atoms with Gasteiger partial charge in [0, 0.05) is 18.8 Å². The third-order valence-corrected chi connectivity index (χ3v) is 5.25. The summed E-state index contributed by atoms with van der Waals surface area (Å²) in [6.07, 6.45) is 1.02. The summed E-state index contributed by atoms with van der Waals surface area (Å²) in [4.78, 5) is 14.4. The lowest BCUT2D eigenvalue weighted by molar-refractivity contribution is -0.129. The number of nitrogens with zero attached hydrogens (tertiary/aromatic N) is 1. The number of hydrogen-bond donors (Lipinski definition) is 1. The van der Waals surface area contributed by atoms with Crippen LogP contribution in [0.25, 0.3) is 0 Å². The summed E-state index contributed by atoms with van der Waals surface area (Å²) in [6, 6.07) is 10.3. The second-order valence-corrected chi connectivity index (χ2v) is 7.29. The first-order chi connectivity index (χ1) is 9.54. The second kappa shape index (κ2) is 8.06. The normalized spacial score (nSPS) is 22.7. The summed E-state index contributed by atoms with van der Waals surface area (Å²) < 4.78 is 0. The molecular weight excluding hydrogens is 304 g/mol. The monoisotopic (exact) mass is 328 g/mol. The van der Waals surface area contributed by atoms with Crippen LogP contribution in [-0.4, -0.2) is 35.7 Å². The molecular formula is C16H25ClN2OS. The van der Waals surface area contributed by atoms with Crippen LogP contribution in [0.5, 0.6) is 0 Å². The number of hydrogen-bond acceptors (Lipinski definition) is 3. The van der Waals surface area contributed by atoms with E-state index in [1.165, 1.54) is 5.56 Å². The summed E-state index contributed by atoms with van der Waals surface area (Å²) in [7, 11) is 0. The van der Waals surface area contributed by atoms with Gasteiger partial charge in [0.25, 0.3) is 0 Å². The van der Waals surface area contributed by atoms with Crippen LogP contribution in [0.15, 0.2) is 30.3 Å². The van der Waals surface area contributed by atoms with Crippen LogP contribution in [-0.2, 0) is 10.5 Å². The molecule has 2 rings (SSSR count). The van der Waals surface area contributed by atoms with E-state index in [0.717, 1.165) is 25.3 Å². The lowest BCUT2D eigenvalue weighted by Crippen LogP contribution is -2.38. The van der Waals surface area contributed by atoms with Crippen molar-refractivity contribution in [2.75, 3.05) is 19.6 Å². The summed E-state index contributed by atoms with van der Waals surface area (Å²) in [6.45, 7) is 6.49. The maximum absolute atomic E-state index is 12.4. The molecule has 0 aromatic heterocycles. The lowest BCUT2D eigenvalue weighted by Gasteiger charge is -2.24. The third-order valence-electron chi connectivity index (χ3n) is 4.05. The minimum absolute atomic E-state index is 0. The molecule has 0 radical (unpaired) electrons. The summed E-state index contributed by atoms with van der Waals surface area (Å²) in [5, 5.41) is 0.00957. The average molecular weight is 329 g/mol. The minimum atomic E-state index is 0. The van der Waals surface area contributed by atoms with E-state index in [4.69, 9.17) is 5.73 Å². The quantitative estimate of drug-likeness (QED) is 0.904. The molecule has 2 atom stereocenters. The van der Waals surface area contributed by atoms with E-state index in [1.54, 1.807) is 11.8 Å². The highest BCUT2D eigenvalue weighted by Crippen LogP contribution is 2.30. The van der Waals surface area contributed by atoms with Gasteiger partial charge in [-0.2, -0.15) is 0 Å². The number of rotatable bonds is 5. The zero-order valence-electron chi connectivity index (χ0n) is 12.7. The van der Waals surface area contributed by atoms with Crippen LogP contribution >= 0.6 is 24.2 Å². The molecule has 5 heteroatoms. The van der Waals surface area contributed by atoms with Crippen molar-refractivity contribution in [3.05, 3.63) is 35.9 Å². The molecule has 1 aromatic rings. The molecule has 1 heterocycles. The largest absolute Gasteiger partial charge is 0.341 e. The molecule has 1 aliphatic rings. The highest BCUT2D eigenvalue weighted by Gasteiger charge is 2.36. The van der Waals surface area contributed by atoms with E-state index >= 15 is 0 Å². The highest BCUT2D eigenvalue weighted by molar-refractivity contribution is 7.99. The topological polar surface area (TPSA) is 46.3 Å². The van der Waals surface area contributed by atoms with Crippen molar-refractivity contribution in [1.29, 1.82) is 0 Å². The van der Waals surface area contributed by atoms with Crippen molar-refractivity contribution in [1.82, 2.24) is 4.90 Å². The van der Waals surface area contributed by atoms with Crippen molar-refractivity contribution >= 4 is 30.1 Å². The molecule has 0 spiro atoms. The van der Waals surface area contributed by atoms with Gasteiger partial charge in [-0.25, -0.2) is 0 Å². The molecule has 21 heavy (non-hydrogen) atoms. The molecule has 2 N–H and O–H groups in total. The molecule has 3 nitrogen and oxygen atoms in total. The predicted octanol–water partition coefficient (Wildman–Crippen LogP) is 2.93. The molecule has 118 valence electrons. The van der Waals surface area contributed by atoms with Gasteiger partial charge in [0.2, 0.25) is 5.91 Å². The maximum atomic E-state index is 12.4. The fraction of sp³-hybridized carbons (Fsp3) is 0.562.